The summed E-state index contributed by atoms with van der Waals surface area (Å²) in [5.74, 6) is -0.344. The maximum Gasteiger partial charge on any atom is 0.309 e. The van der Waals surface area contributed by atoms with E-state index >= 15 is 0 Å². The van der Waals surface area contributed by atoms with E-state index in [0.717, 1.165) is 24.8 Å². The number of hydrogen-bond donors (Lipinski definition) is 2. The summed E-state index contributed by atoms with van der Waals surface area (Å²) >= 11 is 0. The van der Waals surface area contributed by atoms with Crippen LogP contribution in [0.15, 0.2) is 11.6 Å². The van der Waals surface area contributed by atoms with Crippen molar-refractivity contribution < 1.29 is 24.5 Å². The molecule has 0 spiro atoms. The predicted octanol–water partition coefficient (Wildman–Crippen LogP) is 2.57. The Bertz CT molecular complexity index is 700. The summed E-state index contributed by atoms with van der Waals surface area (Å²) in [6.07, 6.45) is 4.29. The highest BCUT2D eigenvalue weighted by molar-refractivity contribution is 5.84. The Morgan fingerprint density at radius 1 is 1.23 bits per heavy atom. The fourth-order valence-electron chi connectivity index (χ4n) is 6.43. The Kier molecular flexibility index (Phi) is 6.80. The number of aliphatic hydroxyl groups is 2. The first-order valence-electron chi connectivity index (χ1n) is 11.4. The molecule has 0 radical (unpaired) electrons. The topological polar surface area (TPSA) is 87.1 Å². The predicted molar refractivity (Wildman–Crippen MR) is 115 cm³/mol. The second kappa shape index (κ2) is 8.71. The molecular formula is C24H39NO5. The zero-order valence-corrected chi connectivity index (χ0v) is 19.2. The van der Waals surface area contributed by atoms with E-state index in [9.17, 15) is 19.8 Å². The molecular weight excluding hydrogens is 382 g/mol. The van der Waals surface area contributed by atoms with E-state index in [0.29, 0.717) is 26.0 Å². The molecule has 0 heterocycles. The lowest BCUT2D eigenvalue weighted by Crippen LogP contribution is -2.61. The molecule has 3 aliphatic carbocycles. The van der Waals surface area contributed by atoms with Crippen molar-refractivity contribution >= 4 is 11.8 Å². The van der Waals surface area contributed by atoms with Crippen molar-refractivity contribution in [1.29, 1.82) is 0 Å². The normalized spacial score (nSPS) is 39.5. The molecule has 0 aromatic rings. The number of Topliss-reactive ketones (excluding diaryl/α,β-unsaturated/α-hetero) is 1. The van der Waals surface area contributed by atoms with Crippen molar-refractivity contribution in [3.05, 3.63) is 11.6 Å². The fourth-order valence-corrected chi connectivity index (χ4v) is 6.43. The summed E-state index contributed by atoms with van der Waals surface area (Å²) in [6, 6.07) is 0. The number of fused-ring (bicyclic) bond motifs is 3. The fraction of sp³-hybridized carbons (Fsp3) is 0.833. The van der Waals surface area contributed by atoms with E-state index < -0.39 is 12.0 Å². The van der Waals surface area contributed by atoms with Gasteiger partial charge in [-0.05, 0) is 68.0 Å². The van der Waals surface area contributed by atoms with Crippen LogP contribution < -0.4 is 0 Å². The molecule has 0 unspecified atom stereocenters. The quantitative estimate of drug-likeness (QED) is 0.524. The molecule has 3 rings (SSSR count). The van der Waals surface area contributed by atoms with Gasteiger partial charge in [0.25, 0.3) is 0 Å². The Hall–Kier alpha value is -1.24. The van der Waals surface area contributed by atoms with Crippen LogP contribution in [0.4, 0.5) is 0 Å². The number of aliphatic hydroxyl groups excluding tert-OH is 2. The van der Waals surface area contributed by atoms with Gasteiger partial charge in [0.05, 0.1) is 24.5 Å². The van der Waals surface area contributed by atoms with E-state index in [1.165, 1.54) is 0 Å². The summed E-state index contributed by atoms with van der Waals surface area (Å²) in [5, 5.41) is 21.7. The molecule has 3 saturated carbocycles. The Labute approximate surface area is 180 Å². The van der Waals surface area contributed by atoms with Gasteiger partial charge < -0.3 is 19.8 Å². The highest BCUT2D eigenvalue weighted by Gasteiger charge is 2.61. The zero-order chi connectivity index (χ0) is 22.3. The molecule has 0 aliphatic heterocycles. The van der Waals surface area contributed by atoms with E-state index in [1.54, 1.807) is 6.08 Å². The van der Waals surface area contributed by atoms with E-state index in [-0.39, 0.29) is 46.9 Å². The largest absolute Gasteiger partial charge is 0.464 e. The van der Waals surface area contributed by atoms with Gasteiger partial charge in [0, 0.05) is 13.0 Å². The van der Waals surface area contributed by atoms with E-state index in [4.69, 9.17) is 4.74 Å². The lowest BCUT2D eigenvalue weighted by Gasteiger charge is -2.61. The number of ether oxygens (including phenoxy) is 1. The number of ketones is 1. The summed E-state index contributed by atoms with van der Waals surface area (Å²) in [6.45, 7) is 7.45. The number of nitrogens with zero attached hydrogens (tertiary/aromatic N) is 1. The van der Waals surface area contributed by atoms with Gasteiger partial charge in [0.1, 0.15) is 12.4 Å². The number of carbonyl (C=O) groups is 2. The Morgan fingerprint density at radius 3 is 2.60 bits per heavy atom. The van der Waals surface area contributed by atoms with Crippen molar-refractivity contribution in [3.63, 3.8) is 0 Å². The van der Waals surface area contributed by atoms with E-state index in [1.807, 2.05) is 19.0 Å². The number of hydrogen-bond acceptors (Lipinski definition) is 6. The van der Waals surface area contributed by atoms with E-state index in [2.05, 4.69) is 20.8 Å². The minimum absolute atomic E-state index is 0.0566. The molecule has 170 valence electrons. The molecule has 2 N–H and O–H groups in total. The number of likely N-dealkylation sites (N-methyl/N-ethyl adjacent to an activating group) is 1. The standard InChI is InChI=1S/C24H39NO5/c1-23(2)18-14-17(26)21-16(24(18,3)11-10-19(23)27)8-6-15(22(21)29)7-9-20(28)30-13-12-25(4)5/h7,16,18-19,21-22,27,29H,6,8-14H2,1-5H3/b15-7+/t16-,18-,19-,21-,22-,24+/m0/s1. The van der Waals surface area contributed by atoms with Crippen LogP contribution in [0.5, 0.6) is 0 Å². The van der Waals surface area contributed by atoms with Crippen molar-refractivity contribution in [2.45, 2.75) is 71.5 Å². The third-order valence-corrected chi connectivity index (χ3v) is 8.36. The molecule has 6 heteroatoms. The zero-order valence-electron chi connectivity index (χ0n) is 19.2. The van der Waals surface area contributed by atoms with Crippen LogP contribution >= 0.6 is 0 Å². The first kappa shape index (κ1) is 23.4. The molecule has 6 atom stereocenters. The van der Waals surface area contributed by atoms with Crippen LogP contribution in [0.2, 0.25) is 0 Å². The second-order valence-corrected chi connectivity index (χ2v) is 10.7. The minimum atomic E-state index is -0.821. The first-order chi connectivity index (χ1) is 14.0. The van der Waals surface area contributed by atoms with Crippen molar-refractivity contribution in [2.75, 3.05) is 27.2 Å². The number of esters is 1. The summed E-state index contributed by atoms with van der Waals surface area (Å²) in [7, 11) is 3.84. The van der Waals surface area contributed by atoms with Crippen LogP contribution in [-0.4, -0.2) is 66.3 Å². The lowest BCUT2D eigenvalue weighted by molar-refractivity contribution is -0.176. The molecule has 0 aromatic carbocycles. The number of carbonyl (C=O) groups excluding carboxylic acids is 2. The smallest absolute Gasteiger partial charge is 0.309 e. The van der Waals surface area contributed by atoms with Gasteiger partial charge in [-0.15, -0.1) is 0 Å². The van der Waals surface area contributed by atoms with Crippen molar-refractivity contribution in [2.24, 2.45) is 28.6 Å². The van der Waals surface area contributed by atoms with Crippen LogP contribution in [0.3, 0.4) is 0 Å². The van der Waals surface area contributed by atoms with Gasteiger partial charge in [-0.1, -0.05) is 26.8 Å². The molecule has 6 nitrogen and oxygen atoms in total. The average molecular weight is 422 g/mol. The van der Waals surface area contributed by atoms with Gasteiger partial charge in [-0.2, -0.15) is 0 Å². The first-order valence-corrected chi connectivity index (χ1v) is 11.4. The summed E-state index contributed by atoms with van der Waals surface area (Å²) in [5.41, 5.74) is 0.440. The molecule has 0 aromatic heterocycles. The molecule has 0 saturated heterocycles. The second-order valence-electron chi connectivity index (χ2n) is 10.7. The SMILES string of the molecule is CN(C)CCOC(=O)C/C=C1\CC[C@H]2[C@@H](C(=O)C[C@H]3C(C)(C)[C@@H](O)CC[C@]23C)[C@H]1O. The van der Waals surface area contributed by atoms with Crippen molar-refractivity contribution in [3.8, 4) is 0 Å². The van der Waals surface area contributed by atoms with Gasteiger partial charge >= 0.3 is 5.97 Å². The van der Waals surface area contributed by atoms with Gasteiger partial charge in [-0.25, -0.2) is 0 Å². The maximum absolute atomic E-state index is 13.2. The highest BCUT2D eigenvalue weighted by Crippen LogP contribution is 2.63. The Balaban J connectivity index is 1.71. The summed E-state index contributed by atoms with van der Waals surface area (Å²) in [4.78, 5) is 27.1. The van der Waals surface area contributed by atoms with Gasteiger partial charge in [0.15, 0.2) is 0 Å². The Morgan fingerprint density at radius 2 is 1.93 bits per heavy atom. The van der Waals surface area contributed by atoms with Crippen LogP contribution in [0.1, 0.15) is 59.3 Å². The average Bonchev–Trinajstić information content (AvgIpc) is 2.66. The van der Waals surface area contributed by atoms with Crippen LogP contribution in [0.25, 0.3) is 0 Å². The third kappa shape index (κ3) is 4.23. The number of rotatable bonds is 5. The van der Waals surface area contributed by atoms with Crippen LogP contribution in [0, 0.1) is 28.6 Å². The summed E-state index contributed by atoms with van der Waals surface area (Å²) < 4.78 is 5.23. The molecule has 3 aliphatic rings. The molecule has 0 amide bonds. The van der Waals surface area contributed by atoms with Gasteiger partial charge in [0.2, 0.25) is 0 Å². The highest BCUT2D eigenvalue weighted by atomic mass is 16.5. The monoisotopic (exact) mass is 421 g/mol. The van der Waals surface area contributed by atoms with Crippen molar-refractivity contribution in [1.82, 2.24) is 4.90 Å². The third-order valence-electron chi connectivity index (χ3n) is 8.36. The van der Waals surface area contributed by atoms with Crippen LogP contribution in [-0.2, 0) is 14.3 Å². The molecule has 3 fully saturated rings. The lowest BCUT2D eigenvalue weighted by atomic mass is 9.43. The molecule has 0 bridgehead atoms. The maximum atomic E-state index is 13.2. The van der Waals surface area contributed by atoms with Gasteiger partial charge in [-0.3, -0.25) is 9.59 Å². The minimum Gasteiger partial charge on any atom is -0.464 e. The molecule has 30 heavy (non-hydrogen) atoms.